The number of anilines is 1. The van der Waals surface area contributed by atoms with Gasteiger partial charge in [-0.15, -0.1) is 23.8 Å². The fourth-order valence-electron chi connectivity index (χ4n) is 4.09. The largest absolute Gasteiger partial charge is 0.446 e. The van der Waals surface area contributed by atoms with Crippen LogP contribution in [0.25, 0.3) is 0 Å². The third-order valence-electron chi connectivity index (χ3n) is 5.85. The summed E-state index contributed by atoms with van der Waals surface area (Å²) >= 11 is 0. The van der Waals surface area contributed by atoms with Gasteiger partial charge < -0.3 is 25.1 Å². The summed E-state index contributed by atoms with van der Waals surface area (Å²) in [6.07, 6.45) is -0.0680. The second kappa shape index (κ2) is 22.8. The van der Waals surface area contributed by atoms with Crippen molar-refractivity contribution in [3.8, 4) is 0 Å². The molecule has 1 radical (unpaired) electrons. The molecule has 0 saturated carbocycles. The molecule has 1 atom stereocenters. The van der Waals surface area contributed by atoms with Crippen LogP contribution in [0.4, 0.5) is 10.5 Å². The van der Waals surface area contributed by atoms with E-state index in [9.17, 15) is 19.2 Å². The number of rotatable bonds is 6. The van der Waals surface area contributed by atoms with E-state index < -0.39 is 18.0 Å². The van der Waals surface area contributed by atoms with E-state index in [1.54, 1.807) is 12.1 Å². The van der Waals surface area contributed by atoms with Gasteiger partial charge in [0.25, 0.3) is 0 Å². The van der Waals surface area contributed by atoms with Crippen molar-refractivity contribution in [2.75, 3.05) is 12.4 Å². The number of imide groups is 1. The fourth-order valence-corrected chi connectivity index (χ4v) is 4.09. The predicted molar refractivity (Wildman–Crippen MR) is 164 cm³/mol. The molecule has 2 heterocycles. The van der Waals surface area contributed by atoms with Crippen LogP contribution < -0.4 is 16.0 Å². The van der Waals surface area contributed by atoms with Gasteiger partial charge in [0.1, 0.15) is 12.6 Å². The topological polar surface area (TPSA) is 117 Å². The number of carbonyl (C=O) groups is 4. The van der Waals surface area contributed by atoms with E-state index in [0.29, 0.717) is 24.1 Å². The summed E-state index contributed by atoms with van der Waals surface area (Å²) in [6, 6.07) is 11.7. The average Bonchev–Trinajstić information content (AvgIpc) is 3.34. The Hall–Kier alpha value is -2.78. The minimum atomic E-state index is -0.674. The van der Waals surface area contributed by atoms with Crippen molar-refractivity contribution in [1.29, 1.82) is 0 Å². The van der Waals surface area contributed by atoms with Crippen molar-refractivity contribution in [3.63, 3.8) is 0 Å². The summed E-state index contributed by atoms with van der Waals surface area (Å²) in [5, 5.41) is 8.09. The second-order valence-electron chi connectivity index (χ2n) is 8.11. The van der Waals surface area contributed by atoms with Crippen molar-refractivity contribution in [3.05, 3.63) is 64.2 Å². The Morgan fingerprint density at radius 3 is 2.24 bits per heavy atom. The molecular weight excluding hydrogens is 609 g/mol. The molecule has 4 rings (SSSR count). The van der Waals surface area contributed by atoms with Gasteiger partial charge in [0.05, 0.1) is 0 Å². The molecule has 0 bridgehead atoms. The van der Waals surface area contributed by atoms with Crippen molar-refractivity contribution in [1.82, 2.24) is 15.5 Å². The molecule has 0 spiro atoms. The summed E-state index contributed by atoms with van der Waals surface area (Å²) in [5.41, 5.74) is 4.72. The van der Waals surface area contributed by atoms with Gasteiger partial charge in [0.2, 0.25) is 11.8 Å². The summed E-state index contributed by atoms with van der Waals surface area (Å²) in [6.45, 7) is 18.6. The molecule has 1 unspecified atom stereocenters. The van der Waals surface area contributed by atoms with Gasteiger partial charge in [0, 0.05) is 65.0 Å². The third kappa shape index (κ3) is 11.8. The monoisotopic (exact) mass is 658 g/mol. The van der Waals surface area contributed by atoms with Gasteiger partial charge in [-0.3, -0.25) is 14.9 Å². The summed E-state index contributed by atoms with van der Waals surface area (Å²) < 4.78 is 5.27. The molecule has 0 aliphatic carbocycles. The Morgan fingerprint density at radius 2 is 1.67 bits per heavy atom. The Morgan fingerprint density at radius 1 is 1.02 bits per heavy atom. The first kappa shape index (κ1) is 41.4. The standard InChI is InChI=1S/C24H25N4O5.4C2H6.Y/c1-14-9-15(4-6-19(14)25-2)11-26-24(32)33-13-16-3-5-17-12-28(23(31)18(17)10-16)20-7-8-21(29)27-22(20)30;4*1-2;/h3-6,9,20,25H,7-8,11-13H2,1-2H3,(H,26,32)(H,27,29,30);4*1-2H3;/q-1;;;;;. The van der Waals surface area contributed by atoms with E-state index >= 15 is 0 Å². The number of fused-ring (bicyclic) bond motifs is 1. The Balaban J connectivity index is 0. The van der Waals surface area contributed by atoms with Crippen molar-refractivity contribution in [2.24, 2.45) is 0 Å². The number of piperidine rings is 1. The molecule has 1 fully saturated rings. The van der Waals surface area contributed by atoms with Gasteiger partial charge in [-0.2, -0.15) is 0 Å². The van der Waals surface area contributed by atoms with Crippen LogP contribution in [-0.2, 0) is 66.7 Å². The van der Waals surface area contributed by atoms with Crippen LogP contribution in [0.5, 0.6) is 0 Å². The van der Waals surface area contributed by atoms with E-state index in [4.69, 9.17) is 4.74 Å². The number of nitrogens with zero attached hydrogens (tertiary/aromatic N) is 1. The molecule has 2 aliphatic heterocycles. The van der Waals surface area contributed by atoms with Gasteiger partial charge in [-0.25, -0.2) is 4.79 Å². The fraction of sp³-hybridized carbons (Fsp3) is 0.500. The Labute approximate surface area is 277 Å². The van der Waals surface area contributed by atoms with Gasteiger partial charge >= 0.3 is 6.09 Å². The number of carbonyl (C=O) groups excluding carboxylic acids is 4. The minimum absolute atomic E-state index is 0. The number of nitrogens with one attached hydrogen (secondary N) is 3. The van der Waals surface area contributed by atoms with E-state index in [-0.39, 0.29) is 64.1 Å². The summed E-state index contributed by atoms with van der Waals surface area (Å²) in [4.78, 5) is 49.9. The van der Waals surface area contributed by atoms with Crippen LogP contribution in [0.15, 0.2) is 30.3 Å². The SMILES string of the molecule is CC.CC.CC.CC.CNc1ccc(CNC(=O)OCc2[c-]c3c(cc2)CN(C2CCC(=O)NC2=O)C3=O)cc1C.[Y]. The third-order valence-corrected chi connectivity index (χ3v) is 5.85. The molecule has 231 valence electrons. The second-order valence-corrected chi connectivity index (χ2v) is 8.11. The van der Waals surface area contributed by atoms with E-state index in [1.807, 2.05) is 87.6 Å². The maximum Gasteiger partial charge on any atom is 0.407 e. The minimum Gasteiger partial charge on any atom is -0.446 e. The van der Waals surface area contributed by atoms with Crippen molar-refractivity contribution >= 4 is 29.5 Å². The van der Waals surface area contributed by atoms with Crippen LogP contribution in [0.1, 0.15) is 101 Å². The molecule has 9 nitrogen and oxygen atoms in total. The maximum atomic E-state index is 12.9. The molecule has 0 aromatic heterocycles. The molecule has 3 N–H and O–H groups in total. The van der Waals surface area contributed by atoms with Crippen LogP contribution in [0, 0.1) is 13.0 Å². The normalized spacial score (nSPS) is 14.3. The van der Waals surface area contributed by atoms with E-state index in [2.05, 4.69) is 22.0 Å². The van der Waals surface area contributed by atoms with Crippen LogP contribution in [0.3, 0.4) is 0 Å². The number of hydrogen-bond donors (Lipinski definition) is 3. The number of amides is 4. The Kier molecular flexibility index (Phi) is 22.4. The average molecular weight is 659 g/mol. The molecule has 4 amide bonds. The molecular formula is C32H49N4O5Y-. The number of aryl methyl sites for hydroxylation is 1. The maximum absolute atomic E-state index is 12.9. The number of benzene rings is 2. The smallest absolute Gasteiger partial charge is 0.407 e. The summed E-state index contributed by atoms with van der Waals surface area (Å²) in [7, 11) is 1.85. The predicted octanol–water partition coefficient (Wildman–Crippen LogP) is 6.13. The Bertz CT molecular complexity index is 1140. The van der Waals surface area contributed by atoms with E-state index in [0.717, 1.165) is 22.4 Å². The molecule has 2 aromatic carbocycles. The van der Waals surface area contributed by atoms with Gasteiger partial charge in [-0.1, -0.05) is 78.6 Å². The molecule has 2 aliphatic rings. The zero-order chi connectivity index (χ0) is 31.5. The van der Waals surface area contributed by atoms with Crippen LogP contribution >= 0.6 is 0 Å². The molecule has 10 heteroatoms. The number of ether oxygens (including phenoxy) is 1. The molecule has 42 heavy (non-hydrogen) atoms. The van der Waals surface area contributed by atoms with Crippen molar-refractivity contribution < 1.29 is 56.6 Å². The first-order valence-electron chi connectivity index (χ1n) is 14.7. The zero-order valence-electron chi connectivity index (χ0n) is 27.1. The van der Waals surface area contributed by atoms with Crippen LogP contribution in [-0.4, -0.2) is 41.8 Å². The summed E-state index contributed by atoms with van der Waals surface area (Å²) in [5.74, 6) is -1.09. The first-order valence-corrected chi connectivity index (χ1v) is 14.7. The first-order chi connectivity index (χ1) is 19.9. The molecule has 2 aromatic rings. The van der Waals surface area contributed by atoms with Gasteiger partial charge in [0.15, 0.2) is 5.91 Å². The number of hydrogen-bond acceptors (Lipinski definition) is 6. The zero-order valence-corrected chi connectivity index (χ0v) is 29.9. The quantitative estimate of drug-likeness (QED) is 0.254. The molecule has 1 saturated heterocycles. The van der Waals surface area contributed by atoms with E-state index in [1.165, 1.54) is 4.90 Å². The van der Waals surface area contributed by atoms with Crippen LogP contribution in [0.2, 0.25) is 0 Å². The number of alkyl carbamates (subject to hydrolysis) is 1. The van der Waals surface area contributed by atoms with Crippen molar-refractivity contribution in [2.45, 2.75) is 101 Å². The van der Waals surface area contributed by atoms with Gasteiger partial charge in [-0.05, 0) is 30.5 Å².